The molecule has 2 rings (SSSR count). The second-order valence-electron chi connectivity index (χ2n) is 4.75. The Morgan fingerprint density at radius 3 is 2.38 bits per heavy atom. The van der Waals surface area contributed by atoms with Crippen LogP contribution in [0.15, 0.2) is 42.5 Å². The van der Waals surface area contributed by atoms with E-state index in [0.717, 1.165) is 11.6 Å². The van der Waals surface area contributed by atoms with Crippen LogP contribution in [0.4, 0.5) is 13.2 Å². The third-order valence-corrected chi connectivity index (χ3v) is 3.36. The van der Waals surface area contributed by atoms with E-state index in [1.54, 1.807) is 24.3 Å². The molecule has 2 nitrogen and oxygen atoms in total. The fourth-order valence-electron chi connectivity index (χ4n) is 2.30. The molecule has 0 radical (unpaired) electrons. The molecule has 1 unspecified atom stereocenters. The summed E-state index contributed by atoms with van der Waals surface area (Å²) in [5, 5.41) is 0.453. The number of rotatable bonds is 3. The number of nitrogens with two attached hydrogens (primary N) is 1. The normalized spacial score (nSPS) is 13.2. The minimum absolute atomic E-state index is 0.0640. The lowest BCUT2D eigenvalue weighted by Gasteiger charge is -2.22. The van der Waals surface area contributed by atoms with Crippen molar-refractivity contribution in [3.05, 3.63) is 69.7 Å². The fourth-order valence-corrected chi connectivity index (χ4v) is 2.60. The van der Waals surface area contributed by atoms with E-state index in [1.165, 1.54) is 12.1 Å². The minimum Gasteiger partial charge on any atom is -0.271 e. The van der Waals surface area contributed by atoms with E-state index in [4.69, 9.17) is 17.4 Å². The number of hydrogen-bond donors (Lipinski definition) is 2. The van der Waals surface area contributed by atoms with E-state index >= 15 is 0 Å². The zero-order valence-electron chi connectivity index (χ0n) is 11.2. The molecule has 0 aliphatic heterocycles. The second kappa shape index (κ2) is 6.05. The number of alkyl halides is 3. The molecule has 0 aromatic heterocycles. The van der Waals surface area contributed by atoms with Crippen LogP contribution in [0.25, 0.3) is 0 Å². The highest BCUT2D eigenvalue weighted by Crippen LogP contribution is 2.36. The van der Waals surface area contributed by atoms with Gasteiger partial charge in [0.15, 0.2) is 0 Å². The van der Waals surface area contributed by atoms with Crippen molar-refractivity contribution in [3.8, 4) is 0 Å². The van der Waals surface area contributed by atoms with Crippen molar-refractivity contribution in [3.63, 3.8) is 0 Å². The van der Waals surface area contributed by atoms with Crippen molar-refractivity contribution < 1.29 is 13.2 Å². The van der Waals surface area contributed by atoms with Gasteiger partial charge in [-0.3, -0.25) is 5.84 Å². The maximum Gasteiger partial charge on any atom is 0.416 e. The van der Waals surface area contributed by atoms with Gasteiger partial charge in [-0.2, -0.15) is 13.2 Å². The summed E-state index contributed by atoms with van der Waals surface area (Å²) in [5.41, 5.74) is 3.22. The average Bonchev–Trinajstić information content (AvgIpc) is 2.38. The lowest BCUT2D eigenvalue weighted by molar-refractivity contribution is -0.138. The van der Waals surface area contributed by atoms with Crippen molar-refractivity contribution >= 4 is 11.6 Å². The highest BCUT2D eigenvalue weighted by Gasteiger charge is 2.35. The molecule has 0 fully saturated rings. The number of nitrogens with one attached hydrogen (secondary N) is 1. The molecule has 112 valence electrons. The third kappa shape index (κ3) is 3.56. The van der Waals surface area contributed by atoms with Gasteiger partial charge in [0.1, 0.15) is 0 Å². The molecule has 0 saturated heterocycles. The summed E-state index contributed by atoms with van der Waals surface area (Å²) >= 11 is 5.98. The van der Waals surface area contributed by atoms with Crippen molar-refractivity contribution in [2.75, 3.05) is 0 Å². The van der Waals surface area contributed by atoms with Crippen molar-refractivity contribution in [2.45, 2.75) is 19.1 Å². The van der Waals surface area contributed by atoms with Gasteiger partial charge in [0, 0.05) is 5.02 Å². The van der Waals surface area contributed by atoms with E-state index in [-0.39, 0.29) is 5.56 Å². The van der Waals surface area contributed by atoms with E-state index in [9.17, 15) is 13.2 Å². The zero-order valence-corrected chi connectivity index (χ0v) is 12.0. The van der Waals surface area contributed by atoms with Crippen LogP contribution in [-0.4, -0.2) is 0 Å². The third-order valence-electron chi connectivity index (χ3n) is 3.14. The summed E-state index contributed by atoms with van der Waals surface area (Å²) in [5.74, 6) is 5.49. The van der Waals surface area contributed by atoms with Crippen molar-refractivity contribution in [1.29, 1.82) is 0 Å². The number of halogens is 4. The van der Waals surface area contributed by atoms with Gasteiger partial charge in [0.05, 0.1) is 11.6 Å². The molecular weight excluding hydrogens is 301 g/mol. The maximum atomic E-state index is 13.1. The van der Waals surface area contributed by atoms with E-state index in [0.29, 0.717) is 10.6 Å². The summed E-state index contributed by atoms with van der Waals surface area (Å²) in [4.78, 5) is 0. The van der Waals surface area contributed by atoms with Crippen LogP contribution in [0.2, 0.25) is 5.02 Å². The van der Waals surface area contributed by atoms with Crippen LogP contribution >= 0.6 is 11.6 Å². The molecule has 0 bridgehead atoms. The number of hydrogen-bond acceptors (Lipinski definition) is 2. The SMILES string of the molecule is Cc1cc(Cl)cc(C(NN)c2ccccc2C(F)(F)F)c1. The number of hydrazine groups is 1. The van der Waals surface area contributed by atoms with Crippen molar-refractivity contribution in [2.24, 2.45) is 5.84 Å². The molecule has 0 saturated carbocycles. The van der Waals surface area contributed by atoms with E-state index in [1.807, 2.05) is 6.92 Å². The Kier molecular flexibility index (Phi) is 4.56. The second-order valence-corrected chi connectivity index (χ2v) is 5.18. The molecule has 2 aromatic rings. The van der Waals surface area contributed by atoms with Crippen LogP contribution in [-0.2, 0) is 6.18 Å². The van der Waals surface area contributed by atoms with Crippen molar-refractivity contribution in [1.82, 2.24) is 5.43 Å². The van der Waals surface area contributed by atoms with Gasteiger partial charge >= 0.3 is 6.18 Å². The first-order chi connectivity index (χ1) is 9.82. The first-order valence-electron chi connectivity index (χ1n) is 6.22. The zero-order chi connectivity index (χ0) is 15.6. The summed E-state index contributed by atoms with van der Waals surface area (Å²) in [6.07, 6.45) is -4.45. The summed E-state index contributed by atoms with van der Waals surface area (Å²) < 4.78 is 39.4. The molecule has 6 heteroatoms. The molecule has 3 N–H and O–H groups in total. The average molecular weight is 315 g/mol. The maximum absolute atomic E-state index is 13.1. The summed E-state index contributed by atoms with van der Waals surface area (Å²) in [7, 11) is 0. The Morgan fingerprint density at radius 1 is 1.14 bits per heavy atom. The molecule has 0 aliphatic carbocycles. The molecular formula is C15H14ClF3N2. The molecule has 21 heavy (non-hydrogen) atoms. The van der Waals surface area contributed by atoms with Gasteiger partial charge in [0.2, 0.25) is 0 Å². The van der Waals surface area contributed by atoms with Gasteiger partial charge in [-0.1, -0.05) is 35.9 Å². The molecule has 0 spiro atoms. The van der Waals surface area contributed by atoms with E-state index in [2.05, 4.69) is 5.43 Å². The fraction of sp³-hybridized carbons (Fsp3) is 0.200. The minimum atomic E-state index is -4.45. The van der Waals surface area contributed by atoms with Gasteiger partial charge in [-0.15, -0.1) is 0 Å². The molecule has 0 aliphatic rings. The van der Waals surface area contributed by atoms with Crippen LogP contribution in [0.3, 0.4) is 0 Å². The first kappa shape index (κ1) is 15.8. The molecule has 1 atom stereocenters. The molecule has 0 heterocycles. The van der Waals surface area contributed by atoms with Crippen LogP contribution in [0.5, 0.6) is 0 Å². The Morgan fingerprint density at radius 2 is 1.81 bits per heavy atom. The Labute approximate surface area is 125 Å². The lowest BCUT2D eigenvalue weighted by Crippen LogP contribution is -2.30. The predicted molar refractivity (Wildman–Crippen MR) is 76.8 cm³/mol. The highest BCUT2D eigenvalue weighted by molar-refractivity contribution is 6.30. The van der Waals surface area contributed by atoms with Crippen LogP contribution in [0, 0.1) is 6.92 Å². The van der Waals surface area contributed by atoms with Crippen LogP contribution < -0.4 is 11.3 Å². The van der Waals surface area contributed by atoms with Gasteiger partial charge in [0.25, 0.3) is 0 Å². The Bertz CT molecular complexity index is 621. The summed E-state index contributed by atoms with van der Waals surface area (Å²) in [6.45, 7) is 1.82. The molecule has 2 aromatic carbocycles. The predicted octanol–water partition coefficient (Wildman–Crippen LogP) is 4.22. The monoisotopic (exact) mass is 314 g/mol. The summed E-state index contributed by atoms with van der Waals surface area (Å²) in [6, 6.07) is 9.64. The number of aryl methyl sites for hydroxylation is 1. The van der Waals surface area contributed by atoms with Gasteiger partial charge in [-0.05, 0) is 41.8 Å². The largest absolute Gasteiger partial charge is 0.416 e. The first-order valence-corrected chi connectivity index (χ1v) is 6.60. The molecule has 0 amide bonds. The number of benzene rings is 2. The Hall–Kier alpha value is -1.56. The van der Waals surface area contributed by atoms with E-state index < -0.39 is 17.8 Å². The highest BCUT2D eigenvalue weighted by atomic mass is 35.5. The topological polar surface area (TPSA) is 38.0 Å². The van der Waals surface area contributed by atoms with Crippen LogP contribution in [0.1, 0.15) is 28.3 Å². The standard InChI is InChI=1S/C15H14ClF3N2/c1-9-6-10(8-11(16)7-9)14(21-20)12-4-2-3-5-13(12)15(17,18)19/h2-8,14,21H,20H2,1H3. The quantitative estimate of drug-likeness (QED) is 0.657. The lowest BCUT2D eigenvalue weighted by atomic mass is 9.93. The Balaban J connectivity index is 2.57. The van der Waals surface area contributed by atoms with Gasteiger partial charge in [-0.25, -0.2) is 5.43 Å². The smallest absolute Gasteiger partial charge is 0.271 e. The van der Waals surface area contributed by atoms with Gasteiger partial charge < -0.3 is 0 Å².